The van der Waals surface area contributed by atoms with Crippen molar-refractivity contribution in [3.63, 3.8) is 0 Å². The number of hydrogen-bond acceptors (Lipinski definition) is 2. The van der Waals surface area contributed by atoms with Gasteiger partial charge >= 0.3 is 6.61 Å². The molecule has 0 atom stereocenters. The van der Waals surface area contributed by atoms with Gasteiger partial charge in [-0.3, -0.25) is 0 Å². The van der Waals surface area contributed by atoms with Crippen molar-refractivity contribution >= 4 is 0 Å². The minimum Gasteiger partial charge on any atom is -0.493 e. The maximum absolute atomic E-state index is 11.9. The van der Waals surface area contributed by atoms with Gasteiger partial charge in [-0.25, -0.2) is 0 Å². The lowest BCUT2D eigenvalue weighted by Crippen LogP contribution is -2.03. The fourth-order valence-corrected chi connectivity index (χ4v) is 0.971. The highest BCUT2D eigenvalue weighted by atomic mass is 19.3. The predicted octanol–water partition coefficient (Wildman–Crippen LogP) is 2.63. The maximum Gasteiger partial charge on any atom is 0.387 e. The second kappa shape index (κ2) is 4.60. The zero-order valence-corrected chi connectivity index (χ0v) is 7.59. The molecule has 14 heavy (non-hydrogen) atoms. The Balaban J connectivity index is 2.98. The molecule has 1 aromatic carbocycles. The number of alkyl halides is 2. The summed E-state index contributed by atoms with van der Waals surface area (Å²) >= 11 is 0. The van der Waals surface area contributed by atoms with Crippen LogP contribution in [0.1, 0.15) is 5.56 Å². The molecule has 0 fully saturated rings. The van der Waals surface area contributed by atoms with E-state index in [1.54, 1.807) is 6.07 Å². The van der Waals surface area contributed by atoms with E-state index in [0.29, 0.717) is 5.56 Å². The van der Waals surface area contributed by atoms with Gasteiger partial charge in [0, 0.05) is 0 Å². The molecule has 1 aromatic rings. The van der Waals surface area contributed by atoms with Crippen LogP contribution < -0.4 is 9.47 Å². The average molecular weight is 199 g/mol. The largest absolute Gasteiger partial charge is 0.493 e. The Kier molecular flexibility index (Phi) is 3.45. The van der Waals surface area contributed by atoms with E-state index in [1.807, 2.05) is 0 Å². The van der Waals surface area contributed by atoms with Crippen LogP contribution in [0.5, 0.6) is 11.5 Å². The highest BCUT2D eigenvalue weighted by Gasteiger charge is 2.09. The van der Waals surface area contributed by atoms with Gasteiger partial charge in [0.05, 0.1) is 7.11 Å². The number of halogens is 2. The van der Waals surface area contributed by atoms with Crippen molar-refractivity contribution in [3.8, 4) is 11.5 Å². The van der Waals surface area contributed by atoms with E-state index in [2.05, 4.69) is 17.4 Å². The predicted molar refractivity (Wildman–Crippen MR) is 47.6 cm³/mol. The van der Waals surface area contributed by atoms with Gasteiger partial charge in [-0.15, -0.1) is 0 Å². The summed E-state index contributed by atoms with van der Waals surface area (Å²) in [6.07, 6.45) is 2.61. The minimum absolute atomic E-state index is 0.00139. The van der Waals surface area contributed by atoms with Crippen molar-refractivity contribution in [3.05, 3.63) is 36.4 Å². The standard InChI is InChI=1S/C10H9F2O2/c1-3-7-4-5-8(14-10(11)12)9(6-7)13-2/h4-6,10H,1H2,2H3. The third kappa shape index (κ3) is 2.45. The molecule has 0 unspecified atom stereocenters. The van der Waals surface area contributed by atoms with E-state index < -0.39 is 6.61 Å². The second-order valence-electron chi connectivity index (χ2n) is 2.42. The lowest BCUT2D eigenvalue weighted by atomic mass is 10.2. The van der Waals surface area contributed by atoms with Crippen LogP contribution >= 0.6 is 0 Å². The summed E-state index contributed by atoms with van der Waals surface area (Å²) in [7, 11) is 1.38. The molecule has 0 spiro atoms. The fraction of sp³-hybridized carbons (Fsp3) is 0.200. The number of methoxy groups -OCH3 is 1. The third-order valence-electron chi connectivity index (χ3n) is 1.58. The van der Waals surface area contributed by atoms with Crippen molar-refractivity contribution in [1.82, 2.24) is 0 Å². The van der Waals surface area contributed by atoms with Gasteiger partial charge in [0.2, 0.25) is 0 Å². The van der Waals surface area contributed by atoms with Crippen LogP contribution in [0.2, 0.25) is 0 Å². The normalized spacial score (nSPS) is 10.0. The highest BCUT2D eigenvalue weighted by Crippen LogP contribution is 2.29. The first-order valence-electron chi connectivity index (χ1n) is 3.83. The second-order valence-corrected chi connectivity index (χ2v) is 2.42. The Hall–Kier alpha value is -1.58. The molecular formula is C10H9F2O2. The van der Waals surface area contributed by atoms with Crippen molar-refractivity contribution in [1.29, 1.82) is 0 Å². The van der Waals surface area contributed by atoms with Crippen LogP contribution in [0, 0.1) is 6.08 Å². The minimum atomic E-state index is -2.86. The maximum atomic E-state index is 11.9. The molecule has 0 aliphatic heterocycles. The summed E-state index contributed by atoms with van der Waals surface area (Å²) in [5.74, 6) is 0.237. The summed E-state index contributed by atoms with van der Waals surface area (Å²) in [6.45, 7) is 0.569. The molecule has 0 saturated heterocycles. The zero-order valence-electron chi connectivity index (χ0n) is 7.59. The first kappa shape index (κ1) is 10.5. The van der Waals surface area contributed by atoms with Crippen LogP contribution in [0.4, 0.5) is 8.78 Å². The van der Waals surface area contributed by atoms with Gasteiger partial charge in [-0.05, 0) is 23.8 Å². The lowest BCUT2D eigenvalue weighted by Gasteiger charge is -2.09. The van der Waals surface area contributed by atoms with E-state index in [0.717, 1.165) is 0 Å². The average Bonchev–Trinajstić information content (AvgIpc) is 2.17. The van der Waals surface area contributed by atoms with Crippen molar-refractivity contribution < 1.29 is 18.3 Å². The fourth-order valence-electron chi connectivity index (χ4n) is 0.971. The van der Waals surface area contributed by atoms with Gasteiger partial charge < -0.3 is 9.47 Å². The Morgan fingerprint density at radius 3 is 2.57 bits per heavy atom. The molecule has 75 valence electrons. The molecule has 0 heterocycles. The summed E-state index contributed by atoms with van der Waals surface area (Å²) in [5.41, 5.74) is 0.656. The van der Waals surface area contributed by atoms with Crippen molar-refractivity contribution in [2.45, 2.75) is 6.61 Å². The molecule has 0 amide bonds. The van der Waals surface area contributed by atoms with Crippen LogP contribution in [-0.4, -0.2) is 13.7 Å². The Morgan fingerprint density at radius 2 is 2.07 bits per heavy atom. The van der Waals surface area contributed by atoms with Gasteiger partial charge in [0.1, 0.15) is 0 Å². The van der Waals surface area contributed by atoms with Crippen LogP contribution in [-0.2, 0) is 0 Å². The first-order valence-corrected chi connectivity index (χ1v) is 3.83. The molecule has 4 heteroatoms. The molecule has 0 aliphatic rings. The quantitative estimate of drug-likeness (QED) is 0.742. The van der Waals surface area contributed by atoms with Gasteiger partial charge in [-0.1, -0.05) is 12.6 Å². The molecule has 1 rings (SSSR count). The first-order chi connectivity index (χ1) is 6.67. The third-order valence-corrected chi connectivity index (χ3v) is 1.58. The van der Waals surface area contributed by atoms with Gasteiger partial charge in [-0.2, -0.15) is 8.78 Å². The number of ether oxygens (including phenoxy) is 2. The highest BCUT2D eigenvalue weighted by molar-refractivity contribution is 5.44. The zero-order chi connectivity index (χ0) is 10.6. The molecular weight excluding hydrogens is 190 g/mol. The molecule has 0 saturated carbocycles. The topological polar surface area (TPSA) is 18.5 Å². The molecule has 2 nitrogen and oxygen atoms in total. The summed E-state index contributed by atoms with van der Waals surface area (Å²) < 4.78 is 32.9. The summed E-state index contributed by atoms with van der Waals surface area (Å²) in [6, 6.07) is 4.47. The number of benzene rings is 1. The van der Waals surface area contributed by atoms with E-state index in [-0.39, 0.29) is 11.5 Å². The molecule has 0 aliphatic carbocycles. The molecule has 1 radical (unpaired) electrons. The van der Waals surface area contributed by atoms with E-state index in [9.17, 15) is 8.78 Å². The lowest BCUT2D eigenvalue weighted by molar-refractivity contribution is -0.0512. The van der Waals surface area contributed by atoms with Gasteiger partial charge in [0.15, 0.2) is 11.5 Å². The molecule has 0 aromatic heterocycles. The van der Waals surface area contributed by atoms with E-state index >= 15 is 0 Å². The molecule has 0 N–H and O–H groups in total. The van der Waals surface area contributed by atoms with Crippen LogP contribution in [0.15, 0.2) is 24.8 Å². The van der Waals surface area contributed by atoms with Gasteiger partial charge in [0.25, 0.3) is 0 Å². The number of rotatable bonds is 4. The van der Waals surface area contributed by atoms with Crippen molar-refractivity contribution in [2.75, 3.05) is 7.11 Å². The molecule has 0 bridgehead atoms. The van der Waals surface area contributed by atoms with E-state index in [4.69, 9.17) is 4.74 Å². The Labute approximate surface area is 80.8 Å². The summed E-state index contributed by atoms with van der Waals surface area (Å²) in [5, 5.41) is 0. The van der Waals surface area contributed by atoms with Crippen LogP contribution in [0.3, 0.4) is 0 Å². The Morgan fingerprint density at radius 1 is 1.36 bits per heavy atom. The van der Waals surface area contributed by atoms with E-state index in [1.165, 1.54) is 19.2 Å². The SMILES string of the molecule is C=[C]c1ccc(OC(F)F)c(OC)c1. The van der Waals surface area contributed by atoms with Crippen LogP contribution in [0.25, 0.3) is 0 Å². The van der Waals surface area contributed by atoms with Crippen molar-refractivity contribution in [2.24, 2.45) is 0 Å². The monoisotopic (exact) mass is 199 g/mol. The summed E-state index contributed by atoms with van der Waals surface area (Å²) in [4.78, 5) is 0. The number of hydrogen-bond donors (Lipinski definition) is 0. The Bertz CT molecular complexity index is 324. The smallest absolute Gasteiger partial charge is 0.387 e.